The Labute approximate surface area is 116 Å². The second kappa shape index (κ2) is 5.98. The first kappa shape index (κ1) is 13.1. The molecule has 0 bridgehead atoms. The summed E-state index contributed by atoms with van der Waals surface area (Å²) in [4.78, 5) is 4.13. The van der Waals surface area contributed by atoms with Gasteiger partial charge in [0.15, 0.2) is 0 Å². The van der Waals surface area contributed by atoms with Gasteiger partial charge in [0.05, 0.1) is 0 Å². The highest BCUT2D eigenvalue weighted by molar-refractivity contribution is 9.10. The van der Waals surface area contributed by atoms with Gasteiger partial charge in [-0.25, -0.2) is 0 Å². The van der Waals surface area contributed by atoms with Crippen molar-refractivity contribution in [1.82, 2.24) is 10.3 Å². The third-order valence-corrected chi connectivity index (χ3v) is 3.51. The van der Waals surface area contributed by atoms with Crippen LogP contribution in [-0.4, -0.2) is 12.0 Å². The zero-order valence-corrected chi connectivity index (χ0v) is 11.8. The number of halogens is 1. The van der Waals surface area contributed by atoms with Gasteiger partial charge < -0.3 is 11.1 Å². The monoisotopic (exact) mass is 305 g/mol. The molecule has 0 spiro atoms. The maximum absolute atomic E-state index is 5.95. The minimum absolute atomic E-state index is 0.240. The van der Waals surface area contributed by atoms with E-state index in [1.807, 2.05) is 31.4 Å². The van der Waals surface area contributed by atoms with Gasteiger partial charge in [0.2, 0.25) is 0 Å². The molecule has 2 rings (SSSR count). The van der Waals surface area contributed by atoms with Crippen LogP contribution in [-0.2, 0) is 6.42 Å². The van der Waals surface area contributed by atoms with Crippen molar-refractivity contribution in [3.8, 4) is 0 Å². The van der Waals surface area contributed by atoms with E-state index in [2.05, 4.69) is 38.4 Å². The summed E-state index contributed by atoms with van der Waals surface area (Å²) in [5, 5.41) is 3.31. The molecule has 1 aromatic carbocycles. The minimum Gasteiger partial charge on any atom is -0.398 e. The quantitative estimate of drug-likeness (QED) is 0.913. The highest BCUT2D eigenvalue weighted by Crippen LogP contribution is 2.22. The van der Waals surface area contributed by atoms with Crippen LogP contribution >= 0.6 is 15.9 Å². The van der Waals surface area contributed by atoms with E-state index in [9.17, 15) is 0 Å². The largest absolute Gasteiger partial charge is 0.398 e. The smallest absolute Gasteiger partial charge is 0.0378 e. The van der Waals surface area contributed by atoms with Gasteiger partial charge in [0.1, 0.15) is 0 Å². The van der Waals surface area contributed by atoms with Crippen LogP contribution in [0.4, 0.5) is 5.69 Å². The molecule has 0 saturated heterocycles. The molecule has 4 heteroatoms. The lowest BCUT2D eigenvalue weighted by atomic mass is 9.99. The number of anilines is 1. The van der Waals surface area contributed by atoms with Crippen LogP contribution < -0.4 is 11.1 Å². The van der Waals surface area contributed by atoms with E-state index in [1.165, 1.54) is 5.56 Å². The number of nitrogens with two attached hydrogens (primary N) is 1. The van der Waals surface area contributed by atoms with Crippen LogP contribution in [0.5, 0.6) is 0 Å². The zero-order chi connectivity index (χ0) is 13.0. The number of benzene rings is 1. The third kappa shape index (κ3) is 3.09. The first-order valence-corrected chi connectivity index (χ1v) is 6.61. The number of nitrogens with zero attached hydrogens (tertiary/aromatic N) is 1. The highest BCUT2D eigenvalue weighted by Gasteiger charge is 2.11. The van der Waals surface area contributed by atoms with E-state index < -0.39 is 0 Å². The molecule has 2 aromatic rings. The Morgan fingerprint density at radius 2 is 2.00 bits per heavy atom. The van der Waals surface area contributed by atoms with E-state index in [1.54, 1.807) is 6.20 Å². The molecule has 3 nitrogen and oxygen atoms in total. The van der Waals surface area contributed by atoms with Crippen LogP contribution in [0.25, 0.3) is 0 Å². The normalized spacial score (nSPS) is 12.3. The van der Waals surface area contributed by atoms with Crippen molar-refractivity contribution in [2.75, 3.05) is 12.8 Å². The molecule has 1 heterocycles. The SMILES string of the molecule is CNC(Cc1cnccc1N)c1ccc(Br)cc1. The Kier molecular flexibility index (Phi) is 4.33. The Morgan fingerprint density at radius 3 is 2.61 bits per heavy atom. The van der Waals surface area contributed by atoms with Gasteiger partial charge in [0, 0.05) is 28.6 Å². The summed E-state index contributed by atoms with van der Waals surface area (Å²) in [6.07, 6.45) is 4.38. The Balaban J connectivity index is 2.20. The molecule has 0 aliphatic heterocycles. The molecule has 3 N–H and O–H groups in total. The molecular weight excluding hydrogens is 290 g/mol. The molecule has 0 amide bonds. The van der Waals surface area contributed by atoms with Gasteiger partial charge in [0.25, 0.3) is 0 Å². The van der Waals surface area contributed by atoms with Crippen molar-refractivity contribution >= 4 is 21.6 Å². The molecule has 0 aliphatic carbocycles. The number of rotatable bonds is 4. The standard InChI is InChI=1S/C14H16BrN3/c1-17-14(10-2-4-12(15)5-3-10)8-11-9-18-7-6-13(11)16/h2-7,9,14,17H,8H2,1H3,(H2,16,18). The van der Waals surface area contributed by atoms with Gasteiger partial charge in [-0.05, 0) is 42.8 Å². The molecule has 94 valence electrons. The lowest BCUT2D eigenvalue weighted by Crippen LogP contribution is -2.19. The van der Waals surface area contributed by atoms with E-state index in [4.69, 9.17) is 5.73 Å². The van der Waals surface area contributed by atoms with Gasteiger partial charge >= 0.3 is 0 Å². The fourth-order valence-electron chi connectivity index (χ4n) is 1.91. The molecule has 1 unspecified atom stereocenters. The average Bonchev–Trinajstić information content (AvgIpc) is 2.39. The van der Waals surface area contributed by atoms with Crippen molar-refractivity contribution in [2.24, 2.45) is 0 Å². The molecule has 0 saturated carbocycles. The van der Waals surface area contributed by atoms with Gasteiger partial charge in [-0.3, -0.25) is 4.98 Å². The molecule has 18 heavy (non-hydrogen) atoms. The number of hydrogen-bond donors (Lipinski definition) is 2. The maximum Gasteiger partial charge on any atom is 0.0378 e. The number of pyridine rings is 1. The summed E-state index contributed by atoms with van der Waals surface area (Å²) in [5.74, 6) is 0. The summed E-state index contributed by atoms with van der Waals surface area (Å²) in [6.45, 7) is 0. The molecular formula is C14H16BrN3. The number of hydrogen-bond acceptors (Lipinski definition) is 3. The second-order valence-electron chi connectivity index (χ2n) is 4.17. The van der Waals surface area contributed by atoms with Gasteiger partial charge in [-0.2, -0.15) is 0 Å². The molecule has 0 radical (unpaired) electrons. The van der Waals surface area contributed by atoms with Crippen molar-refractivity contribution in [3.63, 3.8) is 0 Å². The van der Waals surface area contributed by atoms with Crippen molar-refractivity contribution in [3.05, 3.63) is 58.3 Å². The summed E-state index contributed by atoms with van der Waals surface area (Å²) < 4.78 is 1.09. The van der Waals surface area contributed by atoms with Crippen molar-refractivity contribution in [2.45, 2.75) is 12.5 Å². The lowest BCUT2D eigenvalue weighted by molar-refractivity contribution is 0.592. The summed E-state index contributed by atoms with van der Waals surface area (Å²) in [7, 11) is 1.96. The number of likely N-dealkylation sites (N-methyl/N-ethyl adjacent to an activating group) is 1. The molecule has 0 fully saturated rings. The lowest BCUT2D eigenvalue weighted by Gasteiger charge is -2.17. The van der Waals surface area contributed by atoms with Gasteiger partial charge in [-0.15, -0.1) is 0 Å². The third-order valence-electron chi connectivity index (χ3n) is 2.99. The number of aromatic nitrogens is 1. The predicted molar refractivity (Wildman–Crippen MR) is 78.3 cm³/mol. The van der Waals surface area contributed by atoms with Crippen molar-refractivity contribution < 1.29 is 0 Å². The first-order chi connectivity index (χ1) is 8.70. The maximum atomic E-state index is 5.95. The summed E-state index contributed by atoms with van der Waals surface area (Å²) in [6, 6.07) is 10.4. The highest BCUT2D eigenvalue weighted by atomic mass is 79.9. The molecule has 0 aliphatic rings. The molecule has 1 aromatic heterocycles. The minimum atomic E-state index is 0.240. The Hall–Kier alpha value is -1.39. The number of nitrogen functional groups attached to an aromatic ring is 1. The summed E-state index contributed by atoms with van der Waals surface area (Å²) >= 11 is 3.44. The topological polar surface area (TPSA) is 50.9 Å². The number of nitrogens with one attached hydrogen (secondary N) is 1. The Morgan fingerprint density at radius 1 is 1.28 bits per heavy atom. The zero-order valence-electron chi connectivity index (χ0n) is 10.2. The van der Waals surface area contributed by atoms with E-state index in [0.717, 1.165) is 22.1 Å². The second-order valence-corrected chi connectivity index (χ2v) is 5.09. The Bertz CT molecular complexity index is 511. The summed E-state index contributed by atoms with van der Waals surface area (Å²) in [5.41, 5.74) is 9.05. The van der Waals surface area contributed by atoms with Crippen LogP contribution in [0.1, 0.15) is 17.2 Å². The first-order valence-electron chi connectivity index (χ1n) is 5.82. The van der Waals surface area contributed by atoms with Crippen LogP contribution in [0.15, 0.2) is 47.2 Å². The van der Waals surface area contributed by atoms with E-state index in [-0.39, 0.29) is 6.04 Å². The fourth-order valence-corrected chi connectivity index (χ4v) is 2.17. The van der Waals surface area contributed by atoms with Crippen LogP contribution in [0, 0.1) is 0 Å². The fraction of sp³-hybridized carbons (Fsp3) is 0.214. The van der Waals surface area contributed by atoms with Gasteiger partial charge in [-0.1, -0.05) is 28.1 Å². The average molecular weight is 306 g/mol. The predicted octanol–water partition coefficient (Wildman–Crippen LogP) is 2.93. The van der Waals surface area contributed by atoms with Crippen molar-refractivity contribution in [1.29, 1.82) is 0 Å². The van der Waals surface area contributed by atoms with E-state index >= 15 is 0 Å². The van der Waals surface area contributed by atoms with E-state index in [0.29, 0.717) is 0 Å². The van der Waals surface area contributed by atoms with Crippen LogP contribution in [0.3, 0.4) is 0 Å². The van der Waals surface area contributed by atoms with Crippen LogP contribution in [0.2, 0.25) is 0 Å². The molecule has 1 atom stereocenters.